The van der Waals surface area contributed by atoms with Crippen molar-refractivity contribution in [2.24, 2.45) is 5.73 Å². The number of nitrogens with one attached hydrogen (secondary N) is 1. The standard InChI is InChI=1S/C13H19ClN2O/c1-9-6-7-13(17-9)12(8-15)16-11-5-3-2-4-10(11)14/h2-5,9,12-13,16H,6-8,15H2,1H3. The minimum absolute atomic E-state index is 0.125. The SMILES string of the molecule is CC1CCC(C(CN)Nc2ccccc2Cl)O1. The molecule has 1 saturated heterocycles. The number of nitrogens with two attached hydrogens (primary N) is 1. The molecule has 0 bridgehead atoms. The second-order valence-electron chi connectivity index (χ2n) is 4.53. The van der Waals surface area contributed by atoms with Gasteiger partial charge in [-0.2, -0.15) is 0 Å². The van der Waals surface area contributed by atoms with Gasteiger partial charge in [0.2, 0.25) is 0 Å². The van der Waals surface area contributed by atoms with Gasteiger partial charge < -0.3 is 15.8 Å². The van der Waals surface area contributed by atoms with E-state index in [-0.39, 0.29) is 12.1 Å². The summed E-state index contributed by atoms with van der Waals surface area (Å²) in [5, 5.41) is 4.10. The Morgan fingerprint density at radius 1 is 1.47 bits per heavy atom. The zero-order valence-electron chi connectivity index (χ0n) is 10.0. The molecule has 94 valence electrons. The molecular weight excluding hydrogens is 236 g/mol. The summed E-state index contributed by atoms with van der Waals surface area (Å²) in [6.45, 7) is 2.64. The zero-order valence-corrected chi connectivity index (χ0v) is 10.8. The molecule has 0 aliphatic carbocycles. The topological polar surface area (TPSA) is 47.3 Å². The molecule has 3 N–H and O–H groups in total. The van der Waals surface area contributed by atoms with Gasteiger partial charge in [-0.1, -0.05) is 23.7 Å². The van der Waals surface area contributed by atoms with Crippen LogP contribution in [0.4, 0.5) is 5.69 Å². The Labute approximate surface area is 107 Å². The van der Waals surface area contributed by atoms with Crippen LogP contribution in [-0.2, 0) is 4.74 Å². The van der Waals surface area contributed by atoms with E-state index in [0.29, 0.717) is 12.6 Å². The molecule has 1 aliphatic heterocycles. The van der Waals surface area contributed by atoms with Crippen molar-refractivity contribution >= 4 is 17.3 Å². The Morgan fingerprint density at radius 3 is 2.82 bits per heavy atom. The molecule has 0 aromatic heterocycles. The number of rotatable bonds is 4. The highest BCUT2D eigenvalue weighted by Gasteiger charge is 2.28. The molecule has 17 heavy (non-hydrogen) atoms. The second-order valence-corrected chi connectivity index (χ2v) is 4.94. The van der Waals surface area contributed by atoms with Crippen LogP contribution in [0.1, 0.15) is 19.8 Å². The van der Waals surface area contributed by atoms with Crippen LogP contribution in [0, 0.1) is 0 Å². The first-order chi connectivity index (χ1) is 8.20. The predicted octanol–water partition coefficient (Wildman–Crippen LogP) is 2.65. The molecule has 3 nitrogen and oxygen atoms in total. The molecule has 1 aliphatic rings. The highest BCUT2D eigenvalue weighted by molar-refractivity contribution is 6.33. The van der Waals surface area contributed by atoms with Crippen molar-refractivity contribution in [3.05, 3.63) is 29.3 Å². The van der Waals surface area contributed by atoms with Crippen molar-refractivity contribution in [3.63, 3.8) is 0 Å². The summed E-state index contributed by atoms with van der Waals surface area (Å²) < 4.78 is 5.84. The quantitative estimate of drug-likeness (QED) is 0.869. The van der Waals surface area contributed by atoms with E-state index in [9.17, 15) is 0 Å². The van der Waals surface area contributed by atoms with Crippen LogP contribution < -0.4 is 11.1 Å². The minimum atomic E-state index is 0.125. The summed E-state index contributed by atoms with van der Waals surface area (Å²) in [5.41, 5.74) is 6.73. The number of hydrogen-bond acceptors (Lipinski definition) is 3. The van der Waals surface area contributed by atoms with Crippen LogP contribution in [0.3, 0.4) is 0 Å². The van der Waals surface area contributed by atoms with Crippen molar-refractivity contribution in [2.75, 3.05) is 11.9 Å². The average Bonchev–Trinajstić information content (AvgIpc) is 2.75. The molecule has 3 unspecified atom stereocenters. The van der Waals surface area contributed by atoms with Crippen molar-refractivity contribution in [1.82, 2.24) is 0 Å². The van der Waals surface area contributed by atoms with Crippen molar-refractivity contribution in [1.29, 1.82) is 0 Å². The van der Waals surface area contributed by atoms with Crippen molar-refractivity contribution in [3.8, 4) is 0 Å². The van der Waals surface area contributed by atoms with Gasteiger partial charge in [-0.15, -0.1) is 0 Å². The first-order valence-corrected chi connectivity index (χ1v) is 6.45. The average molecular weight is 255 g/mol. The summed E-state index contributed by atoms with van der Waals surface area (Å²) in [4.78, 5) is 0. The van der Waals surface area contributed by atoms with E-state index >= 15 is 0 Å². The van der Waals surface area contributed by atoms with Crippen LogP contribution in [-0.4, -0.2) is 24.8 Å². The Kier molecular flexibility index (Phi) is 4.26. The van der Waals surface area contributed by atoms with Gasteiger partial charge in [0.25, 0.3) is 0 Å². The second kappa shape index (κ2) is 5.71. The smallest absolute Gasteiger partial charge is 0.0792 e. The van der Waals surface area contributed by atoms with E-state index in [1.165, 1.54) is 0 Å². The van der Waals surface area contributed by atoms with Gasteiger partial charge >= 0.3 is 0 Å². The normalized spacial score (nSPS) is 25.8. The third kappa shape index (κ3) is 3.12. The maximum Gasteiger partial charge on any atom is 0.0792 e. The highest BCUT2D eigenvalue weighted by Crippen LogP contribution is 2.26. The highest BCUT2D eigenvalue weighted by atomic mass is 35.5. The number of halogens is 1. The van der Waals surface area contributed by atoms with Gasteiger partial charge in [0, 0.05) is 6.54 Å². The summed E-state index contributed by atoms with van der Waals surface area (Å²) in [6, 6.07) is 7.83. The molecule has 0 amide bonds. The first-order valence-electron chi connectivity index (χ1n) is 6.07. The molecule has 2 rings (SSSR count). The lowest BCUT2D eigenvalue weighted by atomic mass is 10.1. The van der Waals surface area contributed by atoms with E-state index < -0.39 is 0 Å². The Hall–Kier alpha value is -0.770. The van der Waals surface area contributed by atoms with Gasteiger partial charge in [-0.05, 0) is 31.9 Å². The lowest BCUT2D eigenvalue weighted by Crippen LogP contribution is -2.40. The van der Waals surface area contributed by atoms with Crippen LogP contribution >= 0.6 is 11.6 Å². The van der Waals surface area contributed by atoms with Gasteiger partial charge in [0.1, 0.15) is 0 Å². The number of anilines is 1. The molecular formula is C13H19ClN2O. The fourth-order valence-corrected chi connectivity index (χ4v) is 2.40. The minimum Gasteiger partial charge on any atom is -0.377 e. The van der Waals surface area contributed by atoms with E-state index in [0.717, 1.165) is 23.6 Å². The van der Waals surface area contributed by atoms with E-state index in [1.54, 1.807) is 0 Å². The Morgan fingerprint density at radius 2 is 2.24 bits per heavy atom. The van der Waals surface area contributed by atoms with Crippen molar-refractivity contribution in [2.45, 2.75) is 38.0 Å². The fourth-order valence-electron chi connectivity index (χ4n) is 2.21. The lowest BCUT2D eigenvalue weighted by Gasteiger charge is -2.24. The zero-order chi connectivity index (χ0) is 12.3. The van der Waals surface area contributed by atoms with Crippen LogP contribution in [0.25, 0.3) is 0 Å². The summed E-state index contributed by atoms with van der Waals surface area (Å²) >= 11 is 6.12. The third-order valence-electron chi connectivity index (χ3n) is 3.18. The number of para-hydroxylation sites is 1. The largest absolute Gasteiger partial charge is 0.377 e. The van der Waals surface area contributed by atoms with Gasteiger partial charge in [0.15, 0.2) is 0 Å². The first kappa shape index (κ1) is 12.7. The van der Waals surface area contributed by atoms with E-state index in [4.69, 9.17) is 22.1 Å². The maximum atomic E-state index is 6.12. The molecule has 0 saturated carbocycles. The summed E-state index contributed by atoms with van der Waals surface area (Å²) in [6.07, 6.45) is 2.68. The van der Waals surface area contributed by atoms with Crippen molar-refractivity contribution < 1.29 is 4.74 Å². The third-order valence-corrected chi connectivity index (χ3v) is 3.51. The lowest BCUT2D eigenvalue weighted by molar-refractivity contribution is 0.0460. The number of benzene rings is 1. The Balaban J connectivity index is 2.03. The molecule has 1 fully saturated rings. The fraction of sp³-hybridized carbons (Fsp3) is 0.538. The Bertz CT molecular complexity index is 372. The molecule has 0 radical (unpaired) electrons. The number of ether oxygens (including phenoxy) is 1. The van der Waals surface area contributed by atoms with Crippen LogP contribution in [0.5, 0.6) is 0 Å². The monoisotopic (exact) mass is 254 g/mol. The molecule has 1 aromatic rings. The van der Waals surface area contributed by atoms with Crippen LogP contribution in [0.15, 0.2) is 24.3 Å². The molecule has 1 aromatic carbocycles. The molecule has 1 heterocycles. The van der Waals surface area contributed by atoms with Gasteiger partial charge in [0.05, 0.1) is 29.0 Å². The predicted molar refractivity (Wildman–Crippen MR) is 71.5 cm³/mol. The summed E-state index contributed by atoms with van der Waals surface area (Å²) in [7, 11) is 0. The molecule has 0 spiro atoms. The molecule has 4 heteroatoms. The van der Waals surface area contributed by atoms with Crippen LogP contribution in [0.2, 0.25) is 5.02 Å². The van der Waals surface area contributed by atoms with E-state index in [1.807, 2.05) is 24.3 Å². The van der Waals surface area contributed by atoms with Gasteiger partial charge in [-0.3, -0.25) is 0 Å². The molecule has 3 atom stereocenters. The van der Waals surface area contributed by atoms with E-state index in [2.05, 4.69) is 12.2 Å². The maximum absolute atomic E-state index is 6.12. The van der Waals surface area contributed by atoms with Gasteiger partial charge in [-0.25, -0.2) is 0 Å². The summed E-state index contributed by atoms with van der Waals surface area (Å²) in [5.74, 6) is 0. The number of hydrogen-bond donors (Lipinski definition) is 2.